The van der Waals surface area contributed by atoms with E-state index in [0.29, 0.717) is 12.0 Å². The average Bonchev–Trinajstić information content (AvgIpc) is 2.97. The van der Waals surface area contributed by atoms with E-state index in [0.717, 1.165) is 18.4 Å². The van der Waals surface area contributed by atoms with Gasteiger partial charge in [0.05, 0.1) is 0 Å². The number of hydrogen-bond donors (Lipinski definition) is 1. The Balaban J connectivity index is 2.11. The van der Waals surface area contributed by atoms with Crippen LogP contribution in [0.2, 0.25) is 0 Å². The maximum absolute atomic E-state index is 3.82. The van der Waals surface area contributed by atoms with Crippen molar-refractivity contribution in [3.63, 3.8) is 0 Å². The molecule has 118 valence electrons. The van der Waals surface area contributed by atoms with E-state index in [2.05, 4.69) is 57.3 Å². The van der Waals surface area contributed by atoms with Gasteiger partial charge in [0.25, 0.3) is 0 Å². The Bertz CT molecular complexity index is 406. The monoisotopic (exact) mass is 287 g/mol. The largest absolute Gasteiger partial charge is 0.310 e. The molecule has 0 heterocycles. The summed E-state index contributed by atoms with van der Waals surface area (Å²) in [5.41, 5.74) is 2.94. The Kier molecular flexibility index (Phi) is 6.29. The molecule has 3 unspecified atom stereocenters. The van der Waals surface area contributed by atoms with Crippen molar-refractivity contribution >= 4 is 0 Å². The summed E-state index contributed by atoms with van der Waals surface area (Å²) in [6.07, 6.45) is 6.79. The first-order valence-corrected chi connectivity index (χ1v) is 8.98. The van der Waals surface area contributed by atoms with Gasteiger partial charge in [-0.3, -0.25) is 0 Å². The van der Waals surface area contributed by atoms with Crippen LogP contribution in [-0.2, 0) is 0 Å². The van der Waals surface area contributed by atoms with Gasteiger partial charge in [0.1, 0.15) is 0 Å². The molecular formula is C20H33N. The molecule has 0 aromatic heterocycles. The molecule has 1 fully saturated rings. The van der Waals surface area contributed by atoms with E-state index in [1.165, 1.54) is 43.2 Å². The summed E-state index contributed by atoms with van der Waals surface area (Å²) >= 11 is 0. The molecule has 1 heteroatoms. The second-order valence-electron chi connectivity index (χ2n) is 7.10. The lowest BCUT2D eigenvalue weighted by Crippen LogP contribution is -2.28. The molecule has 1 aliphatic carbocycles. The Morgan fingerprint density at radius 2 is 1.71 bits per heavy atom. The maximum atomic E-state index is 3.82. The lowest BCUT2D eigenvalue weighted by atomic mass is 9.89. The third kappa shape index (κ3) is 4.32. The van der Waals surface area contributed by atoms with Crippen LogP contribution in [0.15, 0.2) is 24.3 Å². The fraction of sp³-hybridized carbons (Fsp3) is 0.700. The van der Waals surface area contributed by atoms with Crippen LogP contribution in [-0.4, -0.2) is 6.54 Å². The Labute approximate surface area is 131 Å². The smallest absolute Gasteiger partial charge is 0.0348 e. The average molecular weight is 287 g/mol. The van der Waals surface area contributed by atoms with E-state index in [-0.39, 0.29) is 0 Å². The van der Waals surface area contributed by atoms with E-state index in [4.69, 9.17) is 0 Å². The van der Waals surface area contributed by atoms with Gasteiger partial charge in [0, 0.05) is 6.04 Å². The van der Waals surface area contributed by atoms with Gasteiger partial charge in [-0.1, -0.05) is 64.8 Å². The first-order chi connectivity index (χ1) is 10.2. The van der Waals surface area contributed by atoms with Crippen LogP contribution in [0.3, 0.4) is 0 Å². The fourth-order valence-electron chi connectivity index (χ4n) is 3.73. The summed E-state index contributed by atoms with van der Waals surface area (Å²) in [5, 5.41) is 3.82. The van der Waals surface area contributed by atoms with Crippen molar-refractivity contribution in [1.82, 2.24) is 5.32 Å². The van der Waals surface area contributed by atoms with Crippen LogP contribution < -0.4 is 5.32 Å². The lowest BCUT2D eigenvalue weighted by Gasteiger charge is -2.26. The van der Waals surface area contributed by atoms with Gasteiger partial charge in [0.2, 0.25) is 0 Å². The second kappa shape index (κ2) is 7.98. The van der Waals surface area contributed by atoms with E-state index in [1.807, 2.05) is 0 Å². The second-order valence-corrected chi connectivity index (χ2v) is 7.10. The summed E-state index contributed by atoms with van der Waals surface area (Å²) in [4.78, 5) is 0. The number of benzene rings is 1. The summed E-state index contributed by atoms with van der Waals surface area (Å²) in [6.45, 7) is 10.3. The molecule has 0 radical (unpaired) electrons. The van der Waals surface area contributed by atoms with Crippen molar-refractivity contribution in [1.29, 1.82) is 0 Å². The molecule has 0 spiro atoms. The molecule has 1 aromatic carbocycles. The summed E-state index contributed by atoms with van der Waals surface area (Å²) in [5.74, 6) is 2.40. The SMILES string of the molecule is CCCNC(c1ccc(C(C)C)cc1)C1CCC(CC)C1. The van der Waals surface area contributed by atoms with Gasteiger partial charge >= 0.3 is 0 Å². The molecule has 21 heavy (non-hydrogen) atoms. The molecule has 3 atom stereocenters. The van der Waals surface area contributed by atoms with Gasteiger partial charge < -0.3 is 5.32 Å². The van der Waals surface area contributed by atoms with E-state index < -0.39 is 0 Å². The Morgan fingerprint density at radius 3 is 2.24 bits per heavy atom. The summed E-state index contributed by atoms with van der Waals surface area (Å²) in [7, 11) is 0. The van der Waals surface area contributed by atoms with Crippen LogP contribution >= 0.6 is 0 Å². The zero-order valence-electron chi connectivity index (χ0n) is 14.4. The van der Waals surface area contributed by atoms with Crippen molar-refractivity contribution in [3.8, 4) is 0 Å². The molecule has 1 aliphatic rings. The van der Waals surface area contributed by atoms with Crippen molar-refractivity contribution in [2.45, 2.75) is 71.8 Å². The quantitative estimate of drug-likeness (QED) is 0.680. The Morgan fingerprint density at radius 1 is 1.05 bits per heavy atom. The highest BCUT2D eigenvalue weighted by molar-refractivity contribution is 5.27. The van der Waals surface area contributed by atoms with Gasteiger partial charge in [-0.15, -0.1) is 0 Å². The van der Waals surface area contributed by atoms with Gasteiger partial charge in [0.15, 0.2) is 0 Å². The fourth-order valence-corrected chi connectivity index (χ4v) is 3.73. The molecule has 0 saturated heterocycles. The third-order valence-corrected chi connectivity index (χ3v) is 5.21. The van der Waals surface area contributed by atoms with Crippen LogP contribution in [0.5, 0.6) is 0 Å². The maximum Gasteiger partial charge on any atom is 0.0348 e. The highest BCUT2D eigenvalue weighted by Gasteiger charge is 2.30. The molecule has 1 N–H and O–H groups in total. The van der Waals surface area contributed by atoms with Crippen molar-refractivity contribution in [3.05, 3.63) is 35.4 Å². The van der Waals surface area contributed by atoms with Crippen LogP contribution in [0, 0.1) is 11.8 Å². The van der Waals surface area contributed by atoms with Crippen molar-refractivity contribution in [2.75, 3.05) is 6.54 Å². The lowest BCUT2D eigenvalue weighted by molar-refractivity contribution is 0.354. The van der Waals surface area contributed by atoms with E-state index >= 15 is 0 Å². The first kappa shape index (κ1) is 16.5. The minimum atomic E-state index is 0.558. The minimum Gasteiger partial charge on any atom is -0.310 e. The predicted molar refractivity (Wildman–Crippen MR) is 92.7 cm³/mol. The van der Waals surface area contributed by atoms with Gasteiger partial charge in [-0.2, -0.15) is 0 Å². The molecule has 1 saturated carbocycles. The molecule has 2 rings (SSSR count). The molecule has 1 aromatic rings. The number of hydrogen-bond acceptors (Lipinski definition) is 1. The highest BCUT2D eigenvalue weighted by atomic mass is 14.9. The summed E-state index contributed by atoms with van der Waals surface area (Å²) in [6, 6.07) is 9.94. The van der Waals surface area contributed by atoms with Crippen molar-refractivity contribution in [2.24, 2.45) is 11.8 Å². The number of nitrogens with one attached hydrogen (secondary N) is 1. The molecule has 0 aliphatic heterocycles. The third-order valence-electron chi connectivity index (χ3n) is 5.21. The standard InChI is InChI=1S/C20H33N/c1-5-13-21-20(19-8-7-16(6-2)14-19)18-11-9-17(10-12-18)15(3)4/h9-12,15-16,19-21H,5-8,13-14H2,1-4H3. The van der Waals surface area contributed by atoms with Crippen LogP contribution in [0.1, 0.15) is 82.9 Å². The van der Waals surface area contributed by atoms with E-state index in [1.54, 1.807) is 0 Å². The zero-order chi connectivity index (χ0) is 15.2. The molecule has 0 bridgehead atoms. The van der Waals surface area contributed by atoms with Crippen LogP contribution in [0.25, 0.3) is 0 Å². The molecular weight excluding hydrogens is 254 g/mol. The summed E-state index contributed by atoms with van der Waals surface area (Å²) < 4.78 is 0. The molecule has 1 nitrogen and oxygen atoms in total. The topological polar surface area (TPSA) is 12.0 Å². The van der Waals surface area contributed by atoms with Gasteiger partial charge in [-0.05, 0) is 54.7 Å². The first-order valence-electron chi connectivity index (χ1n) is 8.98. The predicted octanol–water partition coefficient (Wildman–Crippen LogP) is 5.68. The van der Waals surface area contributed by atoms with Crippen molar-refractivity contribution < 1.29 is 0 Å². The van der Waals surface area contributed by atoms with E-state index in [9.17, 15) is 0 Å². The Hall–Kier alpha value is -0.820. The number of rotatable bonds is 7. The minimum absolute atomic E-state index is 0.558. The van der Waals surface area contributed by atoms with Crippen LogP contribution in [0.4, 0.5) is 0 Å². The normalized spacial score (nSPS) is 23.7. The zero-order valence-corrected chi connectivity index (χ0v) is 14.4. The molecule has 0 amide bonds. The highest BCUT2D eigenvalue weighted by Crippen LogP contribution is 2.40. The van der Waals surface area contributed by atoms with Gasteiger partial charge in [-0.25, -0.2) is 0 Å².